The van der Waals surface area contributed by atoms with E-state index in [0.29, 0.717) is 0 Å². The molecular weight excluding hydrogens is 488 g/mol. The zero-order valence-electron chi connectivity index (χ0n) is 12.8. The standard InChI is InChI=1S/C9H6F15O4P/c10-3(11)6(17,18)8(21,22)9(23,24)7(19,20)4(12,13)1-27-29(25,26)28-2-5(14,15)16/h3H,1-2H2,(H,25,26). The summed E-state index contributed by atoms with van der Waals surface area (Å²) in [6, 6.07) is 0. The Morgan fingerprint density at radius 1 is 0.690 bits per heavy atom. The van der Waals surface area contributed by atoms with Crippen LogP contribution in [0.15, 0.2) is 0 Å². The molecule has 0 aliphatic heterocycles. The lowest BCUT2D eigenvalue weighted by Gasteiger charge is -2.39. The van der Waals surface area contributed by atoms with Crippen LogP contribution < -0.4 is 0 Å². The molecule has 0 saturated heterocycles. The largest absolute Gasteiger partial charge is 0.472 e. The van der Waals surface area contributed by atoms with Crippen molar-refractivity contribution in [2.75, 3.05) is 13.2 Å². The Kier molecular flexibility index (Phi) is 7.70. The molecule has 29 heavy (non-hydrogen) atoms. The van der Waals surface area contributed by atoms with Gasteiger partial charge in [-0.25, -0.2) is 13.3 Å². The highest BCUT2D eigenvalue weighted by Crippen LogP contribution is 2.59. The summed E-state index contributed by atoms with van der Waals surface area (Å²) in [7, 11) is -6.33. The van der Waals surface area contributed by atoms with Gasteiger partial charge in [0.05, 0.1) is 0 Å². The summed E-state index contributed by atoms with van der Waals surface area (Å²) in [5.41, 5.74) is 0. The molecule has 0 heterocycles. The van der Waals surface area contributed by atoms with Gasteiger partial charge in [-0.3, -0.25) is 9.05 Å². The Labute approximate surface area is 149 Å². The van der Waals surface area contributed by atoms with Crippen LogP contribution in [0.2, 0.25) is 0 Å². The monoisotopic (exact) mass is 494 g/mol. The summed E-state index contributed by atoms with van der Waals surface area (Å²) in [6.07, 6.45) is -11.1. The molecule has 0 aliphatic rings. The predicted octanol–water partition coefficient (Wildman–Crippen LogP) is 5.12. The molecule has 0 aliphatic carbocycles. The molecule has 0 rings (SSSR count). The summed E-state index contributed by atoms with van der Waals surface area (Å²) < 4.78 is 205. The van der Waals surface area contributed by atoms with Crippen molar-refractivity contribution < 1.29 is 84.4 Å². The second-order valence-corrected chi connectivity index (χ2v) is 6.44. The minimum absolute atomic E-state index is 2.71. The Hall–Kier alpha value is -0.940. The molecule has 0 fully saturated rings. The van der Waals surface area contributed by atoms with Crippen molar-refractivity contribution >= 4 is 7.82 Å². The van der Waals surface area contributed by atoms with E-state index in [1.807, 2.05) is 0 Å². The zero-order chi connectivity index (χ0) is 23.9. The van der Waals surface area contributed by atoms with Crippen LogP contribution in [-0.2, 0) is 13.6 Å². The maximum absolute atomic E-state index is 13.2. The van der Waals surface area contributed by atoms with Gasteiger partial charge in [-0.2, -0.15) is 57.1 Å². The molecule has 0 aromatic rings. The topological polar surface area (TPSA) is 55.8 Å². The van der Waals surface area contributed by atoms with Gasteiger partial charge >= 0.3 is 50.0 Å². The van der Waals surface area contributed by atoms with Crippen molar-refractivity contribution in [1.29, 1.82) is 0 Å². The number of rotatable bonds is 10. The van der Waals surface area contributed by atoms with E-state index in [1.54, 1.807) is 0 Å². The molecule has 0 radical (unpaired) electrons. The second-order valence-electron chi connectivity index (χ2n) is 4.98. The van der Waals surface area contributed by atoms with Crippen LogP contribution in [0.1, 0.15) is 0 Å². The third kappa shape index (κ3) is 5.61. The van der Waals surface area contributed by atoms with E-state index in [4.69, 9.17) is 4.89 Å². The van der Waals surface area contributed by atoms with Gasteiger partial charge in [-0.15, -0.1) is 0 Å². The average Bonchev–Trinajstić information content (AvgIpc) is 2.50. The predicted molar refractivity (Wildman–Crippen MR) is 58.5 cm³/mol. The van der Waals surface area contributed by atoms with Gasteiger partial charge in [0.2, 0.25) is 0 Å². The van der Waals surface area contributed by atoms with E-state index >= 15 is 0 Å². The van der Waals surface area contributed by atoms with E-state index < -0.39 is 63.3 Å². The van der Waals surface area contributed by atoms with E-state index in [-0.39, 0.29) is 0 Å². The summed E-state index contributed by atoms with van der Waals surface area (Å²) in [5, 5.41) is 0. The average molecular weight is 494 g/mol. The first-order chi connectivity index (χ1) is 12.4. The first-order valence-corrected chi connectivity index (χ1v) is 7.71. The fraction of sp³-hybridized carbons (Fsp3) is 1.00. The SMILES string of the molecule is O=P(O)(OCC(F)(F)F)OCC(F)(F)C(F)(F)C(F)(F)C(F)(F)C(F)(F)C(F)F. The maximum atomic E-state index is 13.2. The zero-order valence-corrected chi connectivity index (χ0v) is 13.7. The lowest BCUT2D eigenvalue weighted by Crippen LogP contribution is -2.69. The summed E-state index contributed by atoms with van der Waals surface area (Å²) in [5.74, 6) is -37.4. The normalized spacial score (nSPS) is 17.6. The summed E-state index contributed by atoms with van der Waals surface area (Å²) in [4.78, 5) is 8.55. The van der Waals surface area contributed by atoms with Gasteiger partial charge in [0, 0.05) is 0 Å². The quantitative estimate of drug-likeness (QED) is 0.339. The molecule has 20 heteroatoms. The van der Waals surface area contributed by atoms with Gasteiger partial charge in [-0.05, 0) is 0 Å². The minimum Gasteiger partial charge on any atom is -0.302 e. The third-order valence-electron chi connectivity index (χ3n) is 2.74. The highest BCUT2D eigenvalue weighted by Gasteiger charge is 2.87. The van der Waals surface area contributed by atoms with Gasteiger partial charge in [0.25, 0.3) is 0 Å². The number of hydrogen-bond acceptors (Lipinski definition) is 3. The van der Waals surface area contributed by atoms with Crippen molar-refractivity contribution in [2.45, 2.75) is 42.2 Å². The highest BCUT2D eigenvalue weighted by molar-refractivity contribution is 7.47. The van der Waals surface area contributed by atoms with Gasteiger partial charge in [0.1, 0.15) is 6.61 Å². The Morgan fingerprint density at radius 3 is 1.41 bits per heavy atom. The Morgan fingerprint density at radius 2 is 1.07 bits per heavy atom. The summed E-state index contributed by atoms with van der Waals surface area (Å²) in [6.45, 7) is -6.25. The van der Waals surface area contributed by atoms with Crippen LogP contribution in [0.3, 0.4) is 0 Å². The Bertz CT molecular complexity index is 615. The fourth-order valence-electron chi connectivity index (χ4n) is 1.22. The van der Waals surface area contributed by atoms with Crippen molar-refractivity contribution in [3.63, 3.8) is 0 Å². The maximum Gasteiger partial charge on any atom is 0.472 e. The van der Waals surface area contributed by atoms with Gasteiger partial charge in [-0.1, -0.05) is 0 Å². The van der Waals surface area contributed by atoms with E-state index in [9.17, 15) is 70.4 Å². The van der Waals surface area contributed by atoms with Crippen molar-refractivity contribution in [3.8, 4) is 0 Å². The number of phosphoric ester groups is 1. The molecule has 1 unspecified atom stereocenters. The fourth-order valence-corrected chi connectivity index (χ4v) is 1.93. The van der Waals surface area contributed by atoms with Crippen molar-refractivity contribution in [1.82, 2.24) is 0 Å². The van der Waals surface area contributed by atoms with Crippen LogP contribution in [0, 0.1) is 0 Å². The van der Waals surface area contributed by atoms with Crippen LogP contribution >= 0.6 is 7.82 Å². The lowest BCUT2D eigenvalue weighted by molar-refractivity contribution is -0.414. The second kappa shape index (κ2) is 7.96. The highest BCUT2D eigenvalue weighted by atomic mass is 31.2. The molecule has 0 saturated carbocycles. The first kappa shape index (κ1) is 28.1. The molecular formula is C9H6F15O4P. The molecule has 0 bridgehead atoms. The lowest BCUT2D eigenvalue weighted by atomic mass is 9.95. The first-order valence-electron chi connectivity index (χ1n) is 6.21. The molecule has 1 atom stereocenters. The molecule has 1 N–H and O–H groups in total. The van der Waals surface area contributed by atoms with Crippen molar-refractivity contribution in [3.05, 3.63) is 0 Å². The number of hydrogen-bond donors (Lipinski definition) is 1. The number of phosphoric acid groups is 1. The van der Waals surface area contributed by atoms with E-state index in [1.165, 1.54) is 0 Å². The van der Waals surface area contributed by atoms with Gasteiger partial charge in [0.15, 0.2) is 6.61 Å². The molecule has 0 spiro atoms. The van der Waals surface area contributed by atoms with Crippen LogP contribution in [0.4, 0.5) is 65.9 Å². The summed E-state index contributed by atoms with van der Waals surface area (Å²) >= 11 is 0. The minimum atomic E-state index is -7.92. The molecule has 0 amide bonds. The smallest absolute Gasteiger partial charge is 0.302 e. The van der Waals surface area contributed by atoms with E-state index in [2.05, 4.69) is 9.05 Å². The molecule has 176 valence electrons. The molecule has 0 aromatic heterocycles. The van der Waals surface area contributed by atoms with Crippen LogP contribution in [0.5, 0.6) is 0 Å². The van der Waals surface area contributed by atoms with Crippen LogP contribution in [0.25, 0.3) is 0 Å². The molecule has 4 nitrogen and oxygen atoms in total. The third-order valence-corrected chi connectivity index (χ3v) is 3.65. The van der Waals surface area contributed by atoms with Crippen molar-refractivity contribution in [2.24, 2.45) is 0 Å². The number of halogens is 15. The van der Waals surface area contributed by atoms with E-state index in [0.717, 1.165) is 0 Å². The molecule has 0 aromatic carbocycles. The van der Waals surface area contributed by atoms with Gasteiger partial charge < -0.3 is 4.89 Å². The number of alkyl halides is 15. The Balaban J connectivity index is 5.72. The van der Waals surface area contributed by atoms with Crippen LogP contribution in [-0.4, -0.2) is 60.3 Å².